The van der Waals surface area contributed by atoms with Gasteiger partial charge in [0, 0.05) is 0 Å². The maximum Gasteiger partial charge on any atom is 0.114 e. The summed E-state index contributed by atoms with van der Waals surface area (Å²) in [6, 6.07) is 0. The molecule has 0 bridgehead atoms. The number of fused-ring (bicyclic) bond motifs is 2. The highest BCUT2D eigenvalue weighted by Crippen LogP contribution is 2.39. The third-order valence-corrected chi connectivity index (χ3v) is 4.44. The van der Waals surface area contributed by atoms with Crippen molar-refractivity contribution in [3.63, 3.8) is 0 Å². The topological polar surface area (TPSA) is 0 Å². The van der Waals surface area contributed by atoms with Gasteiger partial charge in [0.25, 0.3) is 0 Å². The van der Waals surface area contributed by atoms with Gasteiger partial charge in [0.15, 0.2) is 0 Å². The van der Waals surface area contributed by atoms with Crippen molar-refractivity contribution in [2.45, 2.75) is 78.6 Å². The Morgan fingerprint density at radius 2 is 1.11 bits per heavy atom. The van der Waals surface area contributed by atoms with Crippen LogP contribution < -0.4 is 5.46 Å². The minimum Gasteiger partial charge on any atom is -0.0898 e. The Hall–Kier alpha value is -0.715. The molecule has 1 aromatic rings. The first kappa shape index (κ1) is 14.7. The fraction of sp³-hybridized carbons (Fsp3) is 0.667. The van der Waals surface area contributed by atoms with Crippen molar-refractivity contribution in [3.8, 4) is 0 Å². The fourth-order valence-electron chi connectivity index (χ4n) is 3.90. The first-order valence-electron chi connectivity index (χ1n) is 7.95. The van der Waals surface area contributed by atoms with Crippen molar-refractivity contribution >= 4 is 13.3 Å². The van der Waals surface area contributed by atoms with Crippen LogP contribution in [0.3, 0.4) is 0 Å². The van der Waals surface area contributed by atoms with Crippen LogP contribution in [0.5, 0.6) is 0 Å². The Balaban J connectivity index is 0.000000637. The first-order chi connectivity index (χ1) is 9.00. The van der Waals surface area contributed by atoms with Crippen molar-refractivity contribution in [3.05, 3.63) is 27.8 Å². The second-order valence-corrected chi connectivity index (χ2v) is 6.66. The Morgan fingerprint density at radius 3 is 1.47 bits per heavy atom. The van der Waals surface area contributed by atoms with Crippen LogP contribution in [0.25, 0.3) is 0 Å². The number of hydrogen-bond acceptors (Lipinski definition) is 0. The Labute approximate surface area is 120 Å². The van der Waals surface area contributed by atoms with Gasteiger partial charge in [0.1, 0.15) is 7.85 Å². The Morgan fingerprint density at radius 1 is 0.737 bits per heavy atom. The molecule has 0 fully saturated rings. The average molecular weight is 254 g/mol. The number of hydrogen-bond donors (Lipinski definition) is 0. The second kappa shape index (κ2) is 5.35. The molecule has 1 heteroatoms. The minimum absolute atomic E-state index is 0.274. The van der Waals surface area contributed by atoms with Crippen LogP contribution in [0.2, 0.25) is 0 Å². The molecular formula is C18H27B. The predicted molar refractivity (Wildman–Crippen MR) is 85.9 cm³/mol. The lowest BCUT2D eigenvalue weighted by Crippen LogP contribution is -2.24. The molecule has 0 nitrogen and oxygen atoms in total. The summed E-state index contributed by atoms with van der Waals surface area (Å²) < 4.78 is 0. The van der Waals surface area contributed by atoms with Crippen molar-refractivity contribution in [2.24, 2.45) is 0 Å². The van der Waals surface area contributed by atoms with Gasteiger partial charge < -0.3 is 0 Å². The molecule has 0 atom stereocenters. The van der Waals surface area contributed by atoms with Crippen LogP contribution in [-0.2, 0) is 31.1 Å². The van der Waals surface area contributed by atoms with E-state index in [2.05, 4.69) is 20.8 Å². The predicted octanol–water partition coefficient (Wildman–Crippen LogP) is 3.78. The van der Waals surface area contributed by atoms with Crippen LogP contribution in [0.15, 0.2) is 0 Å². The summed E-state index contributed by atoms with van der Waals surface area (Å²) in [5.41, 5.74) is 9.28. The maximum atomic E-state index is 6.40. The Kier molecular flexibility index (Phi) is 4.13. The van der Waals surface area contributed by atoms with Crippen LogP contribution in [0, 0.1) is 0 Å². The molecule has 0 saturated heterocycles. The summed E-state index contributed by atoms with van der Waals surface area (Å²) in [4.78, 5) is 0. The molecule has 3 rings (SSSR count). The summed E-state index contributed by atoms with van der Waals surface area (Å²) in [6.07, 6.45) is 7.50. The van der Waals surface area contributed by atoms with E-state index in [1.54, 1.807) is 16.7 Å². The van der Waals surface area contributed by atoms with Gasteiger partial charge in [-0.15, -0.1) is 0 Å². The van der Waals surface area contributed by atoms with Gasteiger partial charge in [-0.3, -0.25) is 0 Å². The van der Waals surface area contributed by atoms with Gasteiger partial charge in [-0.25, -0.2) is 0 Å². The largest absolute Gasteiger partial charge is 0.114 e. The lowest BCUT2D eigenvalue weighted by molar-refractivity contribution is 0.577. The summed E-state index contributed by atoms with van der Waals surface area (Å²) in [7, 11) is 6.40. The van der Waals surface area contributed by atoms with Crippen LogP contribution in [0.4, 0.5) is 0 Å². The number of benzene rings is 1. The van der Waals surface area contributed by atoms with Crippen molar-refractivity contribution in [1.82, 2.24) is 0 Å². The van der Waals surface area contributed by atoms with E-state index in [9.17, 15) is 0 Å². The molecule has 0 saturated carbocycles. The van der Waals surface area contributed by atoms with Crippen LogP contribution in [0.1, 0.15) is 75.3 Å². The van der Waals surface area contributed by atoms with E-state index in [1.165, 1.54) is 49.7 Å². The monoisotopic (exact) mass is 254 g/mol. The molecule has 102 valence electrons. The molecule has 2 aliphatic carbocycles. The van der Waals surface area contributed by atoms with Crippen molar-refractivity contribution in [2.75, 3.05) is 0 Å². The molecule has 2 aliphatic rings. The molecule has 0 amide bonds. The highest BCUT2D eigenvalue weighted by molar-refractivity contribution is 6.35. The lowest BCUT2D eigenvalue weighted by Gasteiger charge is -2.28. The highest BCUT2D eigenvalue weighted by atomic mass is 14.3. The van der Waals surface area contributed by atoms with E-state index in [1.807, 2.05) is 13.8 Å². The average Bonchev–Trinajstić information content (AvgIpc) is 2.98. The molecule has 2 radical (unpaired) electrons. The highest BCUT2D eigenvalue weighted by Gasteiger charge is 2.31. The molecule has 1 aromatic carbocycles. The third kappa shape index (κ3) is 2.37. The molecule has 0 aromatic heterocycles. The first-order valence-corrected chi connectivity index (χ1v) is 7.95. The van der Waals surface area contributed by atoms with Gasteiger partial charge in [-0.05, 0) is 60.6 Å². The normalized spacial score (nSPS) is 16.7. The van der Waals surface area contributed by atoms with Crippen molar-refractivity contribution in [1.29, 1.82) is 0 Å². The SMILES string of the molecule is CC.[B]c1c2c(c(C(C)(C)C)c3c1CCC3)CCC2. The van der Waals surface area contributed by atoms with E-state index >= 15 is 0 Å². The second-order valence-electron chi connectivity index (χ2n) is 6.66. The van der Waals surface area contributed by atoms with Crippen molar-refractivity contribution < 1.29 is 0 Å². The third-order valence-electron chi connectivity index (χ3n) is 4.44. The zero-order chi connectivity index (χ0) is 14.2. The summed E-state index contributed by atoms with van der Waals surface area (Å²) in [5.74, 6) is 0. The van der Waals surface area contributed by atoms with Gasteiger partial charge >= 0.3 is 0 Å². The summed E-state index contributed by atoms with van der Waals surface area (Å²) in [5, 5.41) is 0. The van der Waals surface area contributed by atoms with E-state index in [-0.39, 0.29) is 5.41 Å². The zero-order valence-corrected chi connectivity index (χ0v) is 13.3. The van der Waals surface area contributed by atoms with Gasteiger partial charge in [-0.2, -0.15) is 0 Å². The lowest BCUT2D eigenvalue weighted by atomic mass is 9.73. The summed E-state index contributed by atoms with van der Waals surface area (Å²) >= 11 is 0. The van der Waals surface area contributed by atoms with E-state index in [0.29, 0.717) is 0 Å². The molecule has 0 aliphatic heterocycles. The van der Waals surface area contributed by atoms with E-state index in [0.717, 1.165) is 5.46 Å². The quantitative estimate of drug-likeness (QED) is 0.618. The fourth-order valence-corrected chi connectivity index (χ4v) is 3.90. The minimum atomic E-state index is 0.274. The molecule has 19 heavy (non-hydrogen) atoms. The maximum absolute atomic E-state index is 6.40. The van der Waals surface area contributed by atoms with E-state index < -0.39 is 0 Å². The molecule has 0 unspecified atom stereocenters. The molecule has 0 N–H and O–H groups in total. The van der Waals surface area contributed by atoms with Gasteiger partial charge in [-0.1, -0.05) is 51.2 Å². The van der Waals surface area contributed by atoms with Gasteiger partial charge in [0.05, 0.1) is 0 Å². The van der Waals surface area contributed by atoms with Crippen LogP contribution in [-0.4, -0.2) is 7.85 Å². The molecule has 0 heterocycles. The number of rotatable bonds is 0. The summed E-state index contributed by atoms with van der Waals surface area (Å²) in [6.45, 7) is 11.1. The van der Waals surface area contributed by atoms with Gasteiger partial charge in [0.2, 0.25) is 0 Å². The van der Waals surface area contributed by atoms with E-state index in [4.69, 9.17) is 7.85 Å². The van der Waals surface area contributed by atoms with Crippen LogP contribution >= 0.6 is 0 Å². The molecular weight excluding hydrogens is 227 g/mol. The standard InChI is InChI=1S/C16H21B.C2H6/c1-16(2,3)14-10-6-4-8-12(10)15(17)13-9-5-7-11(13)14;1-2/h4-9H2,1-3H3;1-2H3. The smallest absolute Gasteiger partial charge is 0.0898 e. The zero-order valence-electron chi connectivity index (χ0n) is 13.3. The Bertz CT molecular complexity index is 442. The molecule has 0 spiro atoms.